The molecule has 8 heteroatoms. The third-order valence-corrected chi connectivity index (χ3v) is 3.89. The molecule has 24 heavy (non-hydrogen) atoms. The lowest BCUT2D eigenvalue weighted by Gasteiger charge is -2.06. The Kier molecular flexibility index (Phi) is 8.92. The molecule has 0 radical (unpaired) electrons. The van der Waals surface area contributed by atoms with Gasteiger partial charge in [0.25, 0.3) is 0 Å². The fourth-order valence-electron chi connectivity index (χ4n) is 1.73. The SMILES string of the molecule is CCC1C=NN(C=N)C1.CCNOS(=O)(=O)/C=C/c1ccccc1. The fourth-order valence-corrected chi connectivity index (χ4v) is 2.39. The van der Waals surface area contributed by atoms with Gasteiger partial charge in [0.05, 0.1) is 12.0 Å². The van der Waals surface area contributed by atoms with Crippen LogP contribution in [-0.2, 0) is 14.4 Å². The number of nitrogens with zero attached hydrogens (tertiary/aromatic N) is 2. The first-order chi connectivity index (χ1) is 11.5. The average Bonchev–Trinajstić information content (AvgIpc) is 3.08. The van der Waals surface area contributed by atoms with Crippen molar-refractivity contribution in [3.8, 4) is 0 Å². The first kappa shape index (κ1) is 20.0. The predicted octanol–water partition coefficient (Wildman–Crippen LogP) is 2.45. The highest BCUT2D eigenvalue weighted by atomic mass is 32.2. The minimum Gasteiger partial charge on any atom is -0.290 e. The zero-order valence-corrected chi connectivity index (χ0v) is 14.7. The molecule has 0 aromatic heterocycles. The third kappa shape index (κ3) is 8.00. The van der Waals surface area contributed by atoms with E-state index < -0.39 is 10.1 Å². The summed E-state index contributed by atoms with van der Waals surface area (Å²) >= 11 is 0. The topological polar surface area (TPSA) is 94.8 Å². The van der Waals surface area contributed by atoms with Crippen LogP contribution < -0.4 is 5.48 Å². The van der Waals surface area contributed by atoms with E-state index >= 15 is 0 Å². The lowest BCUT2D eigenvalue weighted by Crippen LogP contribution is -2.17. The van der Waals surface area contributed by atoms with Gasteiger partial charge in [0.15, 0.2) is 0 Å². The molecule has 7 nitrogen and oxygen atoms in total. The van der Waals surface area contributed by atoms with Crippen molar-refractivity contribution in [2.45, 2.75) is 20.3 Å². The summed E-state index contributed by atoms with van der Waals surface area (Å²) in [5.74, 6) is 0.562. The number of hydroxylamine groups is 1. The van der Waals surface area contributed by atoms with Gasteiger partial charge < -0.3 is 0 Å². The molecule has 1 atom stereocenters. The van der Waals surface area contributed by atoms with E-state index in [1.54, 1.807) is 24.1 Å². The van der Waals surface area contributed by atoms with Crippen LogP contribution >= 0.6 is 0 Å². The molecular formula is C16H24N4O3S. The Balaban J connectivity index is 0.000000272. The number of nitrogens with one attached hydrogen (secondary N) is 2. The molecule has 1 unspecified atom stereocenters. The molecule has 0 amide bonds. The molecule has 0 aliphatic carbocycles. The molecule has 0 fully saturated rings. The van der Waals surface area contributed by atoms with Gasteiger partial charge in [0.2, 0.25) is 0 Å². The molecule has 0 saturated heterocycles. The van der Waals surface area contributed by atoms with E-state index in [-0.39, 0.29) is 0 Å². The summed E-state index contributed by atoms with van der Waals surface area (Å²) in [4.78, 5) is 0. The highest BCUT2D eigenvalue weighted by Crippen LogP contribution is 2.08. The van der Waals surface area contributed by atoms with Crippen LogP contribution in [0.1, 0.15) is 25.8 Å². The van der Waals surface area contributed by atoms with Crippen molar-refractivity contribution in [3.05, 3.63) is 41.3 Å². The molecule has 0 saturated carbocycles. The van der Waals surface area contributed by atoms with E-state index in [1.807, 2.05) is 24.4 Å². The highest BCUT2D eigenvalue weighted by Gasteiger charge is 2.12. The Labute approximate surface area is 143 Å². The first-order valence-corrected chi connectivity index (χ1v) is 9.18. The Morgan fingerprint density at radius 2 is 2.08 bits per heavy atom. The van der Waals surface area contributed by atoms with Crippen molar-refractivity contribution in [1.29, 1.82) is 5.41 Å². The molecule has 1 aromatic carbocycles. The van der Waals surface area contributed by atoms with Crippen molar-refractivity contribution in [2.24, 2.45) is 11.0 Å². The molecular weight excluding hydrogens is 328 g/mol. The second-order valence-electron chi connectivity index (χ2n) is 4.97. The van der Waals surface area contributed by atoms with Crippen LogP contribution in [0.15, 0.2) is 40.8 Å². The summed E-state index contributed by atoms with van der Waals surface area (Å²) in [6.07, 6.45) is 5.76. The Hall–Kier alpha value is -2.03. The molecule has 2 rings (SSSR count). The Bertz CT molecular complexity index is 645. The van der Waals surface area contributed by atoms with Crippen LogP contribution in [0, 0.1) is 11.3 Å². The lowest BCUT2D eigenvalue weighted by molar-refractivity contribution is 0.214. The minimum absolute atomic E-state index is 0.429. The molecule has 1 aromatic rings. The van der Waals surface area contributed by atoms with Crippen molar-refractivity contribution in [3.63, 3.8) is 0 Å². The van der Waals surface area contributed by atoms with E-state index in [1.165, 1.54) is 12.4 Å². The smallest absolute Gasteiger partial charge is 0.290 e. The van der Waals surface area contributed by atoms with Crippen molar-refractivity contribution < 1.29 is 12.7 Å². The summed E-state index contributed by atoms with van der Waals surface area (Å²) in [5, 5.41) is 13.5. The van der Waals surface area contributed by atoms with Gasteiger partial charge in [0.1, 0.15) is 6.34 Å². The van der Waals surface area contributed by atoms with Crippen LogP contribution in [0.2, 0.25) is 0 Å². The number of benzene rings is 1. The van der Waals surface area contributed by atoms with Crippen LogP contribution in [0.5, 0.6) is 0 Å². The average molecular weight is 352 g/mol. The largest absolute Gasteiger partial charge is 0.305 e. The first-order valence-electron chi connectivity index (χ1n) is 7.71. The van der Waals surface area contributed by atoms with Crippen molar-refractivity contribution in [2.75, 3.05) is 13.1 Å². The van der Waals surface area contributed by atoms with Gasteiger partial charge in [-0.3, -0.25) is 10.4 Å². The maximum absolute atomic E-state index is 11.2. The van der Waals surface area contributed by atoms with Crippen molar-refractivity contribution in [1.82, 2.24) is 10.5 Å². The van der Waals surface area contributed by atoms with Crippen LogP contribution in [-0.4, -0.2) is 39.1 Å². The number of rotatable bonds is 7. The van der Waals surface area contributed by atoms with E-state index in [0.29, 0.717) is 12.5 Å². The highest BCUT2D eigenvalue weighted by molar-refractivity contribution is 7.89. The molecule has 1 heterocycles. The molecule has 1 aliphatic heterocycles. The van der Waals surface area contributed by atoms with Gasteiger partial charge in [-0.25, -0.2) is 0 Å². The summed E-state index contributed by atoms with van der Waals surface area (Å²) in [7, 11) is -3.63. The van der Waals surface area contributed by atoms with Gasteiger partial charge in [-0.15, -0.1) is 0 Å². The molecule has 0 spiro atoms. The van der Waals surface area contributed by atoms with Crippen LogP contribution in [0.3, 0.4) is 0 Å². The second kappa shape index (κ2) is 10.7. The molecule has 2 N–H and O–H groups in total. The molecule has 0 bridgehead atoms. The summed E-state index contributed by atoms with van der Waals surface area (Å²) in [5.41, 5.74) is 3.09. The zero-order valence-electron chi connectivity index (χ0n) is 13.9. The minimum atomic E-state index is -3.63. The summed E-state index contributed by atoms with van der Waals surface area (Å²) in [6, 6.07) is 9.13. The second-order valence-corrected chi connectivity index (χ2v) is 6.40. The normalized spacial score (nSPS) is 16.9. The van der Waals surface area contributed by atoms with E-state index in [2.05, 4.69) is 21.8 Å². The number of hydrogen-bond donors (Lipinski definition) is 2. The van der Waals surface area contributed by atoms with Gasteiger partial charge in [-0.1, -0.05) is 44.2 Å². The quantitative estimate of drug-likeness (QED) is 0.446. The van der Waals surface area contributed by atoms with E-state index in [0.717, 1.165) is 23.9 Å². The Morgan fingerprint density at radius 1 is 1.38 bits per heavy atom. The fraction of sp³-hybridized carbons (Fsp3) is 0.375. The van der Waals surface area contributed by atoms with Gasteiger partial charge in [-0.2, -0.15) is 23.3 Å². The van der Waals surface area contributed by atoms with Crippen LogP contribution in [0.4, 0.5) is 0 Å². The standard InChI is InChI=1S/C10H13NO3S.C6H11N3/c1-2-11-14-15(12,13)9-8-10-6-4-3-5-7-10;1-2-6-3-8-9(4-6)5-7/h3-9,11H,2H2,1H3;3,5-7H,2,4H2,1H3/b9-8+;. The zero-order chi connectivity index (χ0) is 17.8. The predicted molar refractivity (Wildman–Crippen MR) is 96.9 cm³/mol. The van der Waals surface area contributed by atoms with Gasteiger partial charge >= 0.3 is 10.1 Å². The number of hydrogen-bond acceptors (Lipinski definition) is 6. The van der Waals surface area contributed by atoms with Crippen molar-refractivity contribution >= 4 is 28.7 Å². The van der Waals surface area contributed by atoms with E-state index in [4.69, 9.17) is 5.41 Å². The van der Waals surface area contributed by atoms with Gasteiger partial charge in [0, 0.05) is 18.7 Å². The Morgan fingerprint density at radius 3 is 2.58 bits per heavy atom. The lowest BCUT2D eigenvalue weighted by atomic mass is 10.1. The molecule has 132 valence electrons. The monoisotopic (exact) mass is 352 g/mol. The maximum atomic E-state index is 11.2. The third-order valence-electron chi connectivity index (χ3n) is 3.07. The summed E-state index contributed by atoms with van der Waals surface area (Å²) < 4.78 is 26.8. The van der Waals surface area contributed by atoms with E-state index in [9.17, 15) is 8.42 Å². The molecule has 1 aliphatic rings. The number of hydrazone groups is 1. The maximum Gasteiger partial charge on any atom is 0.305 e. The van der Waals surface area contributed by atoms with Gasteiger partial charge in [-0.05, 0) is 18.1 Å². The van der Waals surface area contributed by atoms with Crippen LogP contribution in [0.25, 0.3) is 6.08 Å². The summed E-state index contributed by atoms with van der Waals surface area (Å²) in [6.45, 7) is 5.19.